The topological polar surface area (TPSA) is 49.2 Å². The van der Waals surface area contributed by atoms with Gasteiger partial charge >= 0.3 is 0 Å². The standard InChI is InChI=1S/C15H21N3O/c1-11-7-13(15(3,4)10-16)8-14(17-11)18-5-6-19-9-12(18)2/h7-8,12H,5-6,9H2,1-4H3. The first-order chi connectivity index (χ1) is 8.94. The molecule has 4 nitrogen and oxygen atoms in total. The van der Waals surface area contributed by atoms with Gasteiger partial charge in [0.15, 0.2) is 0 Å². The van der Waals surface area contributed by atoms with Crippen molar-refractivity contribution in [2.24, 2.45) is 0 Å². The van der Waals surface area contributed by atoms with E-state index in [0.717, 1.165) is 36.8 Å². The molecule has 19 heavy (non-hydrogen) atoms. The van der Waals surface area contributed by atoms with Crippen molar-refractivity contribution < 1.29 is 4.74 Å². The highest BCUT2D eigenvalue weighted by Crippen LogP contribution is 2.27. The molecule has 1 aliphatic rings. The molecule has 1 unspecified atom stereocenters. The van der Waals surface area contributed by atoms with Gasteiger partial charge in [-0.3, -0.25) is 0 Å². The summed E-state index contributed by atoms with van der Waals surface area (Å²) in [6.07, 6.45) is 0. The number of aromatic nitrogens is 1. The van der Waals surface area contributed by atoms with Crippen LogP contribution < -0.4 is 4.90 Å². The minimum absolute atomic E-state index is 0.320. The third-order valence-corrected chi connectivity index (χ3v) is 3.60. The summed E-state index contributed by atoms with van der Waals surface area (Å²) < 4.78 is 5.46. The van der Waals surface area contributed by atoms with E-state index in [1.807, 2.05) is 32.9 Å². The number of rotatable bonds is 2. The van der Waals surface area contributed by atoms with Crippen LogP contribution in [0.15, 0.2) is 12.1 Å². The average Bonchev–Trinajstić information content (AvgIpc) is 2.38. The van der Waals surface area contributed by atoms with E-state index >= 15 is 0 Å². The first kappa shape index (κ1) is 13.8. The summed E-state index contributed by atoms with van der Waals surface area (Å²) in [7, 11) is 0. The van der Waals surface area contributed by atoms with Crippen molar-refractivity contribution in [3.05, 3.63) is 23.4 Å². The fraction of sp³-hybridized carbons (Fsp3) is 0.600. The summed E-state index contributed by atoms with van der Waals surface area (Å²) >= 11 is 0. The molecule has 0 spiro atoms. The van der Waals surface area contributed by atoms with Crippen molar-refractivity contribution in [2.45, 2.75) is 39.2 Å². The Morgan fingerprint density at radius 1 is 1.47 bits per heavy atom. The van der Waals surface area contributed by atoms with Crippen LogP contribution >= 0.6 is 0 Å². The molecule has 0 bridgehead atoms. The molecule has 0 saturated carbocycles. The Morgan fingerprint density at radius 3 is 2.84 bits per heavy atom. The van der Waals surface area contributed by atoms with E-state index in [2.05, 4.69) is 22.9 Å². The van der Waals surface area contributed by atoms with Gasteiger partial charge in [0.2, 0.25) is 0 Å². The van der Waals surface area contributed by atoms with Gasteiger partial charge in [-0.05, 0) is 45.4 Å². The molecule has 2 rings (SSSR count). The third kappa shape index (κ3) is 2.87. The zero-order chi connectivity index (χ0) is 14.0. The van der Waals surface area contributed by atoms with Crippen LogP contribution in [0.3, 0.4) is 0 Å². The van der Waals surface area contributed by atoms with E-state index in [-0.39, 0.29) is 0 Å². The highest BCUT2D eigenvalue weighted by molar-refractivity contribution is 5.47. The lowest BCUT2D eigenvalue weighted by molar-refractivity contribution is 0.0985. The maximum atomic E-state index is 9.29. The number of morpholine rings is 1. The number of pyridine rings is 1. The van der Waals surface area contributed by atoms with Gasteiger partial charge in [0, 0.05) is 12.2 Å². The highest BCUT2D eigenvalue weighted by Gasteiger charge is 2.25. The van der Waals surface area contributed by atoms with Gasteiger partial charge in [-0.15, -0.1) is 0 Å². The summed E-state index contributed by atoms with van der Waals surface area (Å²) in [5, 5.41) is 9.29. The molecule has 1 aliphatic heterocycles. The molecule has 1 fully saturated rings. The molecule has 4 heteroatoms. The van der Waals surface area contributed by atoms with E-state index in [4.69, 9.17) is 4.74 Å². The SMILES string of the molecule is Cc1cc(C(C)(C)C#N)cc(N2CCOCC2C)n1. The highest BCUT2D eigenvalue weighted by atomic mass is 16.5. The van der Waals surface area contributed by atoms with E-state index in [1.54, 1.807) is 0 Å². The fourth-order valence-electron chi connectivity index (χ4n) is 2.29. The van der Waals surface area contributed by atoms with Gasteiger partial charge in [0.25, 0.3) is 0 Å². The van der Waals surface area contributed by atoms with Crippen LogP contribution in [0.1, 0.15) is 32.0 Å². The molecule has 2 heterocycles. The monoisotopic (exact) mass is 259 g/mol. The van der Waals surface area contributed by atoms with E-state index < -0.39 is 5.41 Å². The van der Waals surface area contributed by atoms with Crippen molar-refractivity contribution >= 4 is 5.82 Å². The van der Waals surface area contributed by atoms with Gasteiger partial charge in [-0.25, -0.2) is 4.98 Å². The van der Waals surface area contributed by atoms with Crippen molar-refractivity contribution in [3.63, 3.8) is 0 Å². The molecule has 1 saturated heterocycles. The number of hydrogen-bond acceptors (Lipinski definition) is 4. The lowest BCUT2D eigenvalue weighted by atomic mass is 9.86. The molecule has 0 aromatic carbocycles. The van der Waals surface area contributed by atoms with E-state index in [1.165, 1.54) is 0 Å². The number of ether oxygens (including phenoxy) is 1. The zero-order valence-corrected chi connectivity index (χ0v) is 12.1. The van der Waals surface area contributed by atoms with Gasteiger partial charge in [0.1, 0.15) is 5.82 Å². The molecule has 1 aromatic heterocycles. The van der Waals surface area contributed by atoms with Crippen molar-refractivity contribution in [3.8, 4) is 6.07 Å². The zero-order valence-electron chi connectivity index (χ0n) is 12.1. The minimum atomic E-state index is -0.488. The van der Waals surface area contributed by atoms with E-state index in [0.29, 0.717) is 6.04 Å². The summed E-state index contributed by atoms with van der Waals surface area (Å²) in [4.78, 5) is 6.87. The van der Waals surface area contributed by atoms with Crippen LogP contribution in [0.25, 0.3) is 0 Å². The second-order valence-corrected chi connectivity index (χ2v) is 5.71. The first-order valence-electron chi connectivity index (χ1n) is 6.69. The lowest BCUT2D eigenvalue weighted by Gasteiger charge is -2.35. The Bertz CT molecular complexity index is 505. The van der Waals surface area contributed by atoms with Crippen LogP contribution in [-0.2, 0) is 10.2 Å². The minimum Gasteiger partial charge on any atom is -0.377 e. The van der Waals surface area contributed by atoms with Crippen LogP contribution in [0.2, 0.25) is 0 Å². The molecule has 0 N–H and O–H groups in total. The average molecular weight is 259 g/mol. The normalized spacial score (nSPS) is 20.2. The van der Waals surface area contributed by atoms with Gasteiger partial charge < -0.3 is 9.64 Å². The Kier molecular flexibility index (Phi) is 3.77. The predicted octanol–water partition coefficient (Wildman–Crippen LogP) is 2.42. The molecule has 0 amide bonds. The Morgan fingerprint density at radius 2 is 2.21 bits per heavy atom. The summed E-state index contributed by atoms with van der Waals surface area (Å²) in [5.74, 6) is 0.953. The van der Waals surface area contributed by atoms with Gasteiger partial charge in [-0.2, -0.15) is 5.26 Å². The maximum absolute atomic E-state index is 9.29. The number of hydrogen-bond donors (Lipinski definition) is 0. The van der Waals surface area contributed by atoms with Crippen LogP contribution in [0, 0.1) is 18.3 Å². The van der Waals surface area contributed by atoms with E-state index in [9.17, 15) is 5.26 Å². The number of nitriles is 1. The molecular formula is C15H21N3O. The Balaban J connectivity index is 2.39. The fourth-order valence-corrected chi connectivity index (χ4v) is 2.29. The van der Waals surface area contributed by atoms with Crippen LogP contribution in [0.4, 0.5) is 5.82 Å². The number of anilines is 1. The number of aryl methyl sites for hydroxylation is 1. The van der Waals surface area contributed by atoms with Crippen molar-refractivity contribution in [2.75, 3.05) is 24.7 Å². The quantitative estimate of drug-likeness (QED) is 0.818. The van der Waals surface area contributed by atoms with Crippen molar-refractivity contribution in [1.82, 2.24) is 4.98 Å². The second-order valence-electron chi connectivity index (χ2n) is 5.71. The van der Waals surface area contributed by atoms with Crippen LogP contribution in [-0.4, -0.2) is 30.8 Å². The molecule has 0 aliphatic carbocycles. The smallest absolute Gasteiger partial charge is 0.129 e. The lowest BCUT2D eigenvalue weighted by Crippen LogP contribution is -2.44. The second kappa shape index (κ2) is 5.18. The maximum Gasteiger partial charge on any atom is 0.129 e. The molecule has 1 aromatic rings. The van der Waals surface area contributed by atoms with Gasteiger partial charge in [-0.1, -0.05) is 0 Å². The van der Waals surface area contributed by atoms with Crippen molar-refractivity contribution in [1.29, 1.82) is 5.26 Å². The molecular weight excluding hydrogens is 238 g/mol. The predicted molar refractivity (Wildman–Crippen MR) is 75.2 cm³/mol. The van der Waals surface area contributed by atoms with Crippen LogP contribution in [0.5, 0.6) is 0 Å². The number of nitrogens with zero attached hydrogens (tertiary/aromatic N) is 3. The molecule has 1 atom stereocenters. The Hall–Kier alpha value is -1.60. The summed E-state index contributed by atoms with van der Waals surface area (Å²) in [6, 6.07) is 6.71. The summed E-state index contributed by atoms with van der Waals surface area (Å²) in [6.45, 7) is 10.3. The molecule has 102 valence electrons. The summed E-state index contributed by atoms with van der Waals surface area (Å²) in [5.41, 5.74) is 1.49. The van der Waals surface area contributed by atoms with Gasteiger partial charge in [0.05, 0.1) is 30.7 Å². The third-order valence-electron chi connectivity index (χ3n) is 3.60. The first-order valence-corrected chi connectivity index (χ1v) is 6.69. The largest absolute Gasteiger partial charge is 0.377 e. The molecule has 0 radical (unpaired) electrons. The Labute approximate surface area is 115 Å².